The third-order valence-corrected chi connectivity index (χ3v) is 5.39. The Morgan fingerprint density at radius 3 is 1.90 bits per heavy atom. The molecule has 0 aromatic carbocycles. The molecule has 0 fully saturated rings. The van der Waals surface area contributed by atoms with Crippen LogP contribution in [0.5, 0.6) is 0 Å². The Bertz CT molecular complexity index is 73.4. The molecule has 0 aliphatic heterocycles. The number of rotatable bonds is 5. The van der Waals surface area contributed by atoms with Crippen LogP contribution in [-0.4, -0.2) is 22.8 Å². The minimum absolute atomic E-state index is 0.983. The van der Waals surface area contributed by atoms with Gasteiger partial charge in [-0.05, 0) is 18.5 Å². The molecule has 0 aliphatic carbocycles. The molecule has 61 valence electrons. The summed E-state index contributed by atoms with van der Waals surface area (Å²) in [4.78, 5) is 0. The molecule has 0 heterocycles. The second-order valence-corrected chi connectivity index (χ2v) is 6.04. The Kier molecular flexibility index (Phi) is 4.94. The average Bonchev–Trinajstić information content (AvgIpc) is 2.01. The molecule has 1 radical (unpaired) electrons. The summed E-state index contributed by atoms with van der Waals surface area (Å²) in [5, 5.41) is 0. The molecule has 0 atom stereocenters. The van der Waals surface area contributed by atoms with Crippen LogP contribution >= 0.6 is 0 Å². The van der Waals surface area contributed by atoms with Gasteiger partial charge in [-0.15, -0.1) is 0 Å². The minimum Gasteiger partial charge on any atom is -0.398 e. The first-order chi connectivity index (χ1) is 4.74. The van der Waals surface area contributed by atoms with Gasteiger partial charge in [0.05, 0.1) is 0 Å². The van der Waals surface area contributed by atoms with Crippen molar-refractivity contribution in [2.75, 3.05) is 14.2 Å². The summed E-state index contributed by atoms with van der Waals surface area (Å²) < 4.78 is 10.7. The molecule has 0 rings (SSSR count). The third kappa shape index (κ3) is 2.40. The maximum absolute atomic E-state index is 5.36. The van der Waals surface area contributed by atoms with Crippen LogP contribution in [0.4, 0.5) is 0 Å². The standard InChI is InChI=1S/C7H17O2Si/c1-5-7-10(6-2,8-3)9-4/h5H,6-7H2,1-4H3. The fourth-order valence-corrected chi connectivity index (χ4v) is 2.98. The lowest BCUT2D eigenvalue weighted by Gasteiger charge is -2.24. The zero-order chi connectivity index (χ0) is 8.04. The number of hydrogen-bond acceptors (Lipinski definition) is 2. The highest BCUT2D eigenvalue weighted by molar-refractivity contribution is 6.67. The van der Waals surface area contributed by atoms with Gasteiger partial charge >= 0.3 is 8.56 Å². The molecule has 0 aromatic heterocycles. The van der Waals surface area contributed by atoms with E-state index in [2.05, 4.69) is 13.3 Å². The maximum Gasteiger partial charge on any atom is 0.337 e. The average molecular weight is 161 g/mol. The van der Waals surface area contributed by atoms with Crippen LogP contribution in [-0.2, 0) is 8.85 Å². The Morgan fingerprint density at radius 1 is 1.30 bits per heavy atom. The van der Waals surface area contributed by atoms with E-state index in [4.69, 9.17) is 8.85 Å². The summed E-state index contributed by atoms with van der Waals surface area (Å²) in [6, 6.07) is 2.00. The smallest absolute Gasteiger partial charge is 0.337 e. The van der Waals surface area contributed by atoms with Crippen LogP contribution in [0.15, 0.2) is 0 Å². The van der Waals surface area contributed by atoms with Crippen LogP contribution in [0.3, 0.4) is 0 Å². The Morgan fingerprint density at radius 2 is 1.80 bits per heavy atom. The highest BCUT2D eigenvalue weighted by atomic mass is 28.4. The van der Waals surface area contributed by atoms with Crippen molar-refractivity contribution in [3.05, 3.63) is 6.42 Å². The molecule has 0 unspecified atom stereocenters. The Labute approximate surface area is 64.8 Å². The predicted molar refractivity (Wildman–Crippen MR) is 45.0 cm³/mol. The molecule has 2 nitrogen and oxygen atoms in total. The topological polar surface area (TPSA) is 18.5 Å². The number of hydrogen-bond donors (Lipinski definition) is 0. The molecule has 0 aliphatic rings. The monoisotopic (exact) mass is 161 g/mol. The van der Waals surface area contributed by atoms with Gasteiger partial charge in [0, 0.05) is 14.2 Å². The van der Waals surface area contributed by atoms with Crippen molar-refractivity contribution < 1.29 is 8.85 Å². The first-order valence-electron chi connectivity index (χ1n) is 3.62. The Balaban J connectivity index is 3.87. The van der Waals surface area contributed by atoms with E-state index in [1.165, 1.54) is 0 Å². The third-order valence-electron chi connectivity index (χ3n) is 1.80. The van der Waals surface area contributed by atoms with Gasteiger partial charge in [0.1, 0.15) is 0 Å². The van der Waals surface area contributed by atoms with E-state index in [1.807, 2.05) is 6.92 Å². The van der Waals surface area contributed by atoms with Gasteiger partial charge in [-0.1, -0.05) is 13.8 Å². The van der Waals surface area contributed by atoms with Crippen LogP contribution in [0.2, 0.25) is 12.1 Å². The van der Waals surface area contributed by atoms with E-state index in [0.717, 1.165) is 12.1 Å². The quantitative estimate of drug-likeness (QED) is 0.574. The predicted octanol–water partition coefficient (Wildman–Crippen LogP) is 1.97. The molecule has 0 bridgehead atoms. The minimum atomic E-state index is -1.77. The van der Waals surface area contributed by atoms with Crippen molar-refractivity contribution in [2.24, 2.45) is 0 Å². The molecule has 0 spiro atoms. The Hall–Kier alpha value is 0.137. The normalized spacial score (nSPS) is 12.0. The summed E-state index contributed by atoms with van der Waals surface area (Å²) in [6.45, 7) is 4.15. The summed E-state index contributed by atoms with van der Waals surface area (Å²) in [5.41, 5.74) is 0. The largest absolute Gasteiger partial charge is 0.398 e. The lowest BCUT2D eigenvalue weighted by Crippen LogP contribution is -2.38. The molecule has 0 saturated carbocycles. The van der Waals surface area contributed by atoms with E-state index in [9.17, 15) is 0 Å². The molecule has 3 heteroatoms. The van der Waals surface area contributed by atoms with E-state index >= 15 is 0 Å². The van der Waals surface area contributed by atoms with Crippen molar-refractivity contribution >= 4 is 8.56 Å². The van der Waals surface area contributed by atoms with E-state index in [-0.39, 0.29) is 0 Å². The lowest BCUT2D eigenvalue weighted by atomic mass is 10.6. The van der Waals surface area contributed by atoms with Crippen molar-refractivity contribution in [3.8, 4) is 0 Å². The van der Waals surface area contributed by atoms with Gasteiger partial charge in [-0.2, -0.15) is 0 Å². The van der Waals surface area contributed by atoms with E-state index < -0.39 is 8.56 Å². The SMILES string of the molecule is C[CH]C[Si](CC)(OC)OC. The molecular formula is C7H17O2Si. The molecule has 0 aromatic rings. The zero-order valence-corrected chi connectivity index (χ0v) is 8.31. The summed E-state index contributed by atoms with van der Waals surface area (Å²) in [5.74, 6) is 0. The van der Waals surface area contributed by atoms with Gasteiger partial charge in [0.2, 0.25) is 0 Å². The first kappa shape index (κ1) is 10.1. The maximum atomic E-state index is 5.36. The zero-order valence-electron chi connectivity index (χ0n) is 7.31. The highest BCUT2D eigenvalue weighted by Crippen LogP contribution is 2.17. The van der Waals surface area contributed by atoms with Crippen molar-refractivity contribution in [2.45, 2.75) is 25.9 Å². The molecule has 0 amide bonds. The van der Waals surface area contributed by atoms with Gasteiger partial charge in [-0.3, -0.25) is 0 Å². The van der Waals surface area contributed by atoms with Crippen LogP contribution in [0, 0.1) is 6.42 Å². The van der Waals surface area contributed by atoms with E-state index in [0.29, 0.717) is 0 Å². The fourth-order valence-electron chi connectivity index (χ4n) is 0.994. The summed E-state index contributed by atoms with van der Waals surface area (Å²) >= 11 is 0. The second-order valence-electron chi connectivity index (χ2n) is 2.28. The molecule has 10 heavy (non-hydrogen) atoms. The lowest BCUT2D eigenvalue weighted by molar-refractivity contribution is 0.245. The van der Waals surface area contributed by atoms with Crippen LogP contribution in [0.1, 0.15) is 13.8 Å². The van der Waals surface area contributed by atoms with Crippen LogP contribution in [0.25, 0.3) is 0 Å². The van der Waals surface area contributed by atoms with Crippen LogP contribution < -0.4 is 0 Å². The van der Waals surface area contributed by atoms with Gasteiger partial charge < -0.3 is 8.85 Å². The summed E-state index contributed by atoms with van der Waals surface area (Å²) in [6.07, 6.45) is 2.11. The van der Waals surface area contributed by atoms with Crippen molar-refractivity contribution in [1.29, 1.82) is 0 Å². The second kappa shape index (κ2) is 4.88. The fraction of sp³-hybridized carbons (Fsp3) is 0.857. The summed E-state index contributed by atoms with van der Waals surface area (Å²) in [7, 11) is 1.70. The van der Waals surface area contributed by atoms with Crippen molar-refractivity contribution in [1.82, 2.24) is 0 Å². The first-order valence-corrected chi connectivity index (χ1v) is 5.86. The molecule has 0 saturated heterocycles. The molecule has 0 N–H and O–H groups in total. The van der Waals surface area contributed by atoms with Gasteiger partial charge in [0.25, 0.3) is 0 Å². The van der Waals surface area contributed by atoms with Gasteiger partial charge in [-0.25, -0.2) is 0 Å². The van der Waals surface area contributed by atoms with Gasteiger partial charge in [0.15, 0.2) is 0 Å². The highest BCUT2D eigenvalue weighted by Gasteiger charge is 2.31. The van der Waals surface area contributed by atoms with Crippen molar-refractivity contribution in [3.63, 3.8) is 0 Å². The van der Waals surface area contributed by atoms with E-state index in [1.54, 1.807) is 14.2 Å². The molecular weight excluding hydrogens is 144 g/mol.